The third-order valence-electron chi connectivity index (χ3n) is 6.58. The van der Waals surface area contributed by atoms with Crippen LogP contribution in [0.3, 0.4) is 0 Å². The molecule has 172 valence electrons. The predicted molar refractivity (Wildman–Crippen MR) is 127 cm³/mol. The van der Waals surface area contributed by atoms with Crippen LogP contribution < -0.4 is 10.6 Å². The minimum atomic E-state index is -0.200. The predicted octanol–water partition coefficient (Wildman–Crippen LogP) is 2.99. The summed E-state index contributed by atoms with van der Waals surface area (Å²) in [6, 6.07) is 14.1. The fraction of sp³-hybridized carbons (Fsp3) is 0.400. The number of pyridine rings is 1. The van der Waals surface area contributed by atoms with Crippen molar-refractivity contribution in [1.29, 1.82) is 0 Å². The summed E-state index contributed by atoms with van der Waals surface area (Å²) in [5.74, 6) is 0.973. The van der Waals surface area contributed by atoms with Crippen LogP contribution in [0.15, 0.2) is 54.9 Å². The van der Waals surface area contributed by atoms with Gasteiger partial charge < -0.3 is 10.1 Å². The van der Waals surface area contributed by atoms with Crippen LogP contribution in [0.2, 0.25) is 0 Å². The molecule has 0 spiro atoms. The molecule has 0 bridgehead atoms. The van der Waals surface area contributed by atoms with Crippen molar-refractivity contribution in [2.75, 3.05) is 38.7 Å². The highest BCUT2D eigenvalue weighted by atomic mass is 16.5. The maximum Gasteiger partial charge on any atom is 0.320 e. The van der Waals surface area contributed by atoms with Crippen LogP contribution in [-0.2, 0) is 17.6 Å². The molecule has 33 heavy (non-hydrogen) atoms. The van der Waals surface area contributed by atoms with Crippen molar-refractivity contribution in [2.24, 2.45) is 0 Å². The molecule has 2 amide bonds. The van der Waals surface area contributed by atoms with Gasteiger partial charge in [-0.15, -0.1) is 0 Å². The number of anilines is 1. The Hall–Kier alpha value is -3.23. The number of amides is 2. The van der Waals surface area contributed by atoms with Gasteiger partial charge in [0.2, 0.25) is 0 Å². The molecule has 2 N–H and O–H groups in total. The highest BCUT2D eigenvalue weighted by molar-refractivity contribution is 5.90. The number of aromatic nitrogens is 3. The van der Waals surface area contributed by atoms with Crippen LogP contribution in [0.1, 0.15) is 29.2 Å². The first kappa shape index (κ1) is 21.6. The van der Waals surface area contributed by atoms with E-state index in [2.05, 4.69) is 44.8 Å². The minimum Gasteiger partial charge on any atom is -0.383 e. The Bertz CT molecular complexity index is 1090. The van der Waals surface area contributed by atoms with Crippen molar-refractivity contribution in [1.82, 2.24) is 25.0 Å². The van der Waals surface area contributed by atoms with Gasteiger partial charge >= 0.3 is 6.03 Å². The summed E-state index contributed by atoms with van der Waals surface area (Å²) in [5, 5.41) is 11.1. The standard InChI is InChI=1S/C25H30N6O2/c1-33-14-13-30-16-21(18-7-3-2-4-8-18)23(17-30)27-25(32)28-24-20-10-5-11-22(20)29-31(24)19-9-6-12-26-15-19/h2-4,6-9,12,15,21,23H,5,10-11,13-14,16-17H2,1H3,(H2,27,28,32)/t21-,23+/m0/s1. The molecule has 1 fully saturated rings. The van der Waals surface area contributed by atoms with Crippen molar-refractivity contribution < 1.29 is 9.53 Å². The van der Waals surface area contributed by atoms with E-state index >= 15 is 0 Å². The van der Waals surface area contributed by atoms with E-state index in [1.807, 2.05) is 22.9 Å². The molecule has 1 saturated heterocycles. The van der Waals surface area contributed by atoms with E-state index < -0.39 is 0 Å². The summed E-state index contributed by atoms with van der Waals surface area (Å²) >= 11 is 0. The minimum absolute atomic E-state index is 0.00654. The molecule has 2 aromatic heterocycles. The second kappa shape index (κ2) is 9.72. The van der Waals surface area contributed by atoms with Crippen LogP contribution in [0.4, 0.5) is 10.6 Å². The molecule has 8 heteroatoms. The molecule has 5 rings (SSSR count). The first-order valence-corrected chi connectivity index (χ1v) is 11.6. The molecule has 1 aliphatic heterocycles. The number of carbonyl (C=O) groups excluding carboxylic acids is 1. The fourth-order valence-corrected chi connectivity index (χ4v) is 4.97. The van der Waals surface area contributed by atoms with E-state index in [9.17, 15) is 4.79 Å². The fourth-order valence-electron chi connectivity index (χ4n) is 4.97. The molecule has 3 aromatic rings. The number of nitrogens with one attached hydrogen (secondary N) is 2. The van der Waals surface area contributed by atoms with Gasteiger partial charge in [0.1, 0.15) is 5.82 Å². The Morgan fingerprint density at radius 1 is 1.15 bits per heavy atom. The number of benzene rings is 1. The topological polar surface area (TPSA) is 84.3 Å². The molecular formula is C25H30N6O2. The van der Waals surface area contributed by atoms with Gasteiger partial charge in [-0.3, -0.25) is 15.2 Å². The van der Waals surface area contributed by atoms with E-state index in [1.165, 1.54) is 5.56 Å². The Labute approximate surface area is 194 Å². The molecule has 1 aromatic carbocycles. The lowest BCUT2D eigenvalue weighted by Gasteiger charge is -2.21. The van der Waals surface area contributed by atoms with Gasteiger partial charge in [-0.2, -0.15) is 5.10 Å². The zero-order chi connectivity index (χ0) is 22.6. The van der Waals surface area contributed by atoms with Gasteiger partial charge in [-0.05, 0) is 37.0 Å². The highest BCUT2D eigenvalue weighted by Crippen LogP contribution is 2.31. The summed E-state index contributed by atoms with van der Waals surface area (Å²) in [5.41, 5.74) is 4.27. The van der Waals surface area contributed by atoms with Crippen molar-refractivity contribution in [3.05, 3.63) is 71.7 Å². The quantitative estimate of drug-likeness (QED) is 0.583. The summed E-state index contributed by atoms with van der Waals surface area (Å²) in [6.45, 7) is 3.20. The molecule has 2 aliphatic rings. The number of fused-ring (bicyclic) bond motifs is 1. The summed E-state index contributed by atoms with van der Waals surface area (Å²) in [4.78, 5) is 19.8. The number of rotatable bonds is 7. The van der Waals surface area contributed by atoms with Gasteiger partial charge in [0.05, 0.1) is 30.2 Å². The highest BCUT2D eigenvalue weighted by Gasteiger charge is 2.35. The van der Waals surface area contributed by atoms with Crippen LogP contribution in [0.5, 0.6) is 0 Å². The van der Waals surface area contributed by atoms with Crippen LogP contribution >= 0.6 is 0 Å². The number of hydrogen-bond acceptors (Lipinski definition) is 5. The smallest absolute Gasteiger partial charge is 0.320 e. The number of ether oxygens (including phenoxy) is 1. The first-order chi connectivity index (χ1) is 16.2. The van der Waals surface area contributed by atoms with E-state index in [1.54, 1.807) is 19.5 Å². The summed E-state index contributed by atoms with van der Waals surface area (Å²) in [6.07, 6.45) is 6.42. The van der Waals surface area contributed by atoms with Crippen LogP contribution in [0.25, 0.3) is 5.69 Å². The third kappa shape index (κ3) is 4.62. The van der Waals surface area contributed by atoms with Crippen molar-refractivity contribution >= 4 is 11.8 Å². The monoisotopic (exact) mass is 446 g/mol. The molecule has 3 heterocycles. The van der Waals surface area contributed by atoms with Crippen LogP contribution in [-0.4, -0.2) is 65.1 Å². The SMILES string of the molecule is COCCN1C[C@@H](NC(=O)Nc2c3c(nn2-c2cccnc2)CCC3)[C@H](c2ccccc2)C1. The number of carbonyl (C=O) groups is 1. The van der Waals surface area contributed by atoms with Crippen LogP contribution in [0, 0.1) is 0 Å². The number of hydrogen-bond donors (Lipinski definition) is 2. The third-order valence-corrected chi connectivity index (χ3v) is 6.58. The Morgan fingerprint density at radius 3 is 2.82 bits per heavy atom. The molecular weight excluding hydrogens is 416 g/mol. The van der Waals surface area contributed by atoms with Crippen molar-refractivity contribution in [2.45, 2.75) is 31.2 Å². The normalized spacial score (nSPS) is 20.0. The number of nitrogens with zero attached hydrogens (tertiary/aromatic N) is 4. The summed E-state index contributed by atoms with van der Waals surface area (Å²) in [7, 11) is 1.72. The average molecular weight is 447 g/mol. The van der Waals surface area contributed by atoms with Gasteiger partial charge in [0.25, 0.3) is 0 Å². The Balaban J connectivity index is 1.35. The number of methoxy groups -OCH3 is 1. The zero-order valence-corrected chi connectivity index (χ0v) is 18.9. The van der Waals surface area contributed by atoms with E-state index in [0.717, 1.165) is 61.7 Å². The molecule has 0 radical (unpaired) electrons. The van der Waals surface area contributed by atoms with Gasteiger partial charge in [0, 0.05) is 44.4 Å². The molecule has 1 aliphatic carbocycles. The lowest BCUT2D eigenvalue weighted by Crippen LogP contribution is -2.42. The maximum atomic E-state index is 13.2. The molecule has 8 nitrogen and oxygen atoms in total. The second-order valence-electron chi connectivity index (χ2n) is 8.72. The Kier molecular flexibility index (Phi) is 6.37. The van der Waals surface area contributed by atoms with E-state index in [4.69, 9.17) is 9.84 Å². The lowest BCUT2D eigenvalue weighted by atomic mass is 9.94. The molecule has 2 atom stereocenters. The van der Waals surface area contributed by atoms with Gasteiger partial charge in [-0.25, -0.2) is 9.48 Å². The lowest BCUT2D eigenvalue weighted by molar-refractivity contribution is 0.159. The van der Waals surface area contributed by atoms with E-state index in [0.29, 0.717) is 6.61 Å². The number of urea groups is 1. The second-order valence-corrected chi connectivity index (χ2v) is 8.72. The number of likely N-dealkylation sites (tertiary alicyclic amines) is 1. The molecule has 0 unspecified atom stereocenters. The number of aryl methyl sites for hydroxylation is 1. The largest absolute Gasteiger partial charge is 0.383 e. The average Bonchev–Trinajstić information content (AvgIpc) is 3.55. The molecule has 0 saturated carbocycles. The van der Waals surface area contributed by atoms with Gasteiger partial charge in [-0.1, -0.05) is 30.3 Å². The van der Waals surface area contributed by atoms with Gasteiger partial charge in [0.15, 0.2) is 0 Å². The van der Waals surface area contributed by atoms with Crippen molar-refractivity contribution in [3.63, 3.8) is 0 Å². The maximum absolute atomic E-state index is 13.2. The Morgan fingerprint density at radius 2 is 2.03 bits per heavy atom. The first-order valence-electron chi connectivity index (χ1n) is 11.6. The zero-order valence-electron chi connectivity index (χ0n) is 18.9. The van der Waals surface area contributed by atoms with E-state index in [-0.39, 0.29) is 18.0 Å². The van der Waals surface area contributed by atoms with Crippen molar-refractivity contribution in [3.8, 4) is 5.69 Å². The summed E-state index contributed by atoms with van der Waals surface area (Å²) < 4.78 is 7.08.